The molecule has 0 aromatic rings. The molecule has 0 aromatic carbocycles. The molecule has 0 spiro atoms. The van der Waals surface area contributed by atoms with E-state index in [9.17, 15) is 4.79 Å². The highest BCUT2D eigenvalue weighted by molar-refractivity contribution is 5.90. The molecular weight excluding hydrogens is 228 g/mol. The summed E-state index contributed by atoms with van der Waals surface area (Å²) in [6, 6.07) is 0. The number of ether oxygens (including phenoxy) is 2. The summed E-state index contributed by atoms with van der Waals surface area (Å²) in [6.07, 6.45) is 5.71. The van der Waals surface area contributed by atoms with Crippen molar-refractivity contribution < 1.29 is 14.3 Å². The minimum absolute atomic E-state index is 0.0646. The van der Waals surface area contributed by atoms with Crippen LogP contribution in [-0.2, 0) is 14.3 Å². The van der Waals surface area contributed by atoms with Crippen LogP contribution < -0.4 is 0 Å². The average molecular weight is 250 g/mol. The third-order valence-electron chi connectivity index (χ3n) is 4.93. The van der Waals surface area contributed by atoms with Gasteiger partial charge >= 0.3 is 5.97 Å². The maximum atomic E-state index is 11.7. The Morgan fingerprint density at radius 2 is 2.11 bits per heavy atom. The highest BCUT2D eigenvalue weighted by atomic mass is 16.6. The van der Waals surface area contributed by atoms with Gasteiger partial charge in [0.1, 0.15) is 12.2 Å². The van der Waals surface area contributed by atoms with Crippen LogP contribution in [-0.4, -0.2) is 23.8 Å². The Labute approximate surface area is 109 Å². The molecule has 3 heteroatoms. The van der Waals surface area contributed by atoms with E-state index in [0.29, 0.717) is 11.5 Å². The first-order valence-corrected chi connectivity index (χ1v) is 7.09. The van der Waals surface area contributed by atoms with E-state index in [0.717, 1.165) is 19.3 Å². The lowest BCUT2D eigenvalue weighted by Crippen LogP contribution is -2.29. The molecular formula is C15H22O3. The number of carbonyl (C=O) groups is 1. The topological polar surface area (TPSA) is 38.8 Å². The van der Waals surface area contributed by atoms with E-state index in [2.05, 4.69) is 20.4 Å². The Hall–Kier alpha value is -0.830. The van der Waals surface area contributed by atoms with Gasteiger partial charge in [-0.05, 0) is 32.1 Å². The summed E-state index contributed by atoms with van der Waals surface area (Å²) < 4.78 is 11.4. The van der Waals surface area contributed by atoms with Gasteiger partial charge in [-0.1, -0.05) is 26.3 Å². The summed E-state index contributed by atoms with van der Waals surface area (Å²) in [5, 5.41) is 0. The molecule has 5 atom stereocenters. The molecule has 0 amide bonds. The minimum Gasteiger partial charge on any atom is -0.455 e. The van der Waals surface area contributed by atoms with E-state index in [1.807, 2.05) is 0 Å². The summed E-state index contributed by atoms with van der Waals surface area (Å²) in [7, 11) is 0. The molecule has 100 valence electrons. The number of rotatable bonds is 0. The third kappa shape index (κ3) is 1.89. The van der Waals surface area contributed by atoms with Gasteiger partial charge in [0, 0.05) is 11.5 Å². The standard InChI is InChI=1S/C15H22O3/c1-9-5-4-8-15(3)13(18-15)12-11(7-6-9)10(2)14(16)17-12/h9,11-13H,2,4-8H2,1,3H3/t9-,11-,12-,13+,15+/m0/s1. The first-order chi connectivity index (χ1) is 8.51. The van der Waals surface area contributed by atoms with Crippen LogP contribution >= 0.6 is 0 Å². The summed E-state index contributed by atoms with van der Waals surface area (Å²) in [5.41, 5.74) is 0.593. The van der Waals surface area contributed by atoms with E-state index < -0.39 is 0 Å². The second-order valence-corrected chi connectivity index (χ2v) is 6.43. The lowest BCUT2D eigenvalue weighted by molar-refractivity contribution is -0.140. The predicted octanol–water partition coefficient (Wildman–Crippen LogP) is 2.84. The molecule has 0 N–H and O–H groups in total. The zero-order chi connectivity index (χ0) is 12.9. The summed E-state index contributed by atoms with van der Waals surface area (Å²) in [5.74, 6) is 0.674. The maximum absolute atomic E-state index is 11.7. The Bertz CT molecular complexity index is 389. The molecule has 3 fully saturated rings. The quantitative estimate of drug-likeness (QED) is 0.377. The molecule has 2 saturated heterocycles. The zero-order valence-corrected chi connectivity index (χ0v) is 11.3. The largest absolute Gasteiger partial charge is 0.455 e. The molecule has 0 aromatic heterocycles. The van der Waals surface area contributed by atoms with Crippen molar-refractivity contribution in [1.29, 1.82) is 0 Å². The number of hydrogen-bond donors (Lipinski definition) is 0. The zero-order valence-electron chi connectivity index (χ0n) is 11.3. The fourth-order valence-corrected chi connectivity index (χ4v) is 3.52. The highest BCUT2D eigenvalue weighted by Crippen LogP contribution is 2.50. The highest BCUT2D eigenvalue weighted by Gasteiger charge is 2.61. The molecule has 3 aliphatic rings. The van der Waals surface area contributed by atoms with Gasteiger partial charge in [-0.2, -0.15) is 0 Å². The van der Waals surface area contributed by atoms with Gasteiger partial charge in [0.15, 0.2) is 0 Å². The van der Waals surface area contributed by atoms with Gasteiger partial charge in [0.2, 0.25) is 0 Å². The van der Waals surface area contributed by atoms with Crippen LogP contribution in [0.4, 0.5) is 0 Å². The molecule has 1 saturated carbocycles. The van der Waals surface area contributed by atoms with Crippen molar-refractivity contribution in [3.05, 3.63) is 12.2 Å². The van der Waals surface area contributed by atoms with Crippen LogP contribution in [0.15, 0.2) is 12.2 Å². The second-order valence-electron chi connectivity index (χ2n) is 6.43. The Balaban J connectivity index is 1.82. The summed E-state index contributed by atoms with van der Waals surface area (Å²) in [4.78, 5) is 11.7. The van der Waals surface area contributed by atoms with Gasteiger partial charge < -0.3 is 9.47 Å². The molecule has 0 radical (unpaired) electrons. The first-order valence-electron chi connectivity index (χ1n) is 7.09. The normalized spacial score (nSPS) is 48.1. The Morgan fingerprint density at radius 1 is 1.33 bits per heavy atom. The smallest absolute Gasteiger partial charge is 0.334 e. The maximum Gasteiger partial charge on any atom is 0.334 e. The van der Waals surface area contributed by atoms with Crippen LogP contribution in [0.3, 0.4) is 0 Å². The van der Waals surface area contributed by atoms with E-state index in [1.54, 1.807) is 0 Å². The summed E-state index contributed by atoms with van der Waals surface area (Å²) in [6.45, 7) is 8.36. The molecule has 2 aliphatic heterocycles. The third-order valence-corrected chi connectivity index (χ3v) is 4.93. The van der Waals surface area contributed by atoms with E-state index in [1.165, 1.54) is 12.8 Å². The van der Waals surface area contributed by atoms with Gasteiger partial charge in [-0.25, -0.2) is 4.79 Å². The van der Waals surface area contributed by atoms with Crippen LogP contribution in [0.2, 0.25) is 0 Å². The first kappa shape index (κ1) is 12.2. The van der Waals surface area contributed by atoms with Crippen LogP contribution in [0, 0.1) is 11.8 Å². The average Bonchev–Trinajstić information content (AvgIpc) is 2.90. The number of esters is 1. The number of hydrogen-bond acceptors (Lipinski definition) is 3. The van der Waals surface area contributed by atoms with Gasteiger partial charge in [-0.3, -0.25) is 0 Å². The van der Waals surface area contributed by atoms with Gasteiger partial charge in [-0.15, -0.1) is 0 Å². The monoisotopic (exact) mass is 250 g/mol. The van der Waals surface area contributed by atoms with Crippen molar-refractivity contribution in [2.75, 3.05) is 0 Å². The second kappa shape index (κ2) is 4.09. The van der Waals surface area contributed by atoms with E-state index in [-0.39, 0.29) is 29.7 Å². The van der Waals surface area contributed by atoms with Crippen molar-refractivity contribution in [3.8, 4) is 0 Å². The van der Waals surface area contributed by atoms with Crippen LogP contribution in [0.1, 0.15) is 46.0 Å². The summed E-state index contributed by atoms with van der Waals surface area (Å²) >= 11 is 0. The van der Waals surface area contributed by atoms with Crippen LogP contribution in [0.5, 0.6) is 0 Å². The SMILES string of the molecule is C=C1C(=O)O[C@@H]2[C@H]3O[C@]3(C)CCC[C@H](C)CC[C@@H]12. The molecule has 1 aliphatic carbocycles. The van der Waals surface area contributed by atoms with E-state index in [4.69, 9.17) is 9.47 Å². The van der Waals surface area contributed by atoms with Crippen molar-refractivity contribution in [1.82, 2.24) is 0 Å². The fourth-order valence-electron chi connectivity index (χ4n) is 3.52. The van der Waals surface area contributed by atoms with Crippen LogP contribution in [0.25, 0.3) is 0 Å². The number of epoxide rings is 1. The Kier molecular flexibility index (Phi) is 2.77. The van der Waals surface area contributed by atoms with Gasteiger partial charge in [0.25, 0.3) is 0 Å². The van der Waals surface area contributed by atoms with Crippen molar-refractivity contribution in [2.45, 2.75) is 63.8 Å². The van der Waals surface area contributed by atoms with E-state index >= 15 is 0 Å². The Morgan fingerprint density at radius 3 is 2.89 bits per heavy atom. The van der Waals surface area contributed by atoms with Crippen molar-refractivity contribution in [3.63, 3.8) is 0 Å². The molecule has 3 nitrogen and oxygen atoms in total. The van der Waals surface area contributed by atoms with Gasteiger partial charge in [0.05, 0.1) is 5.60 Å². The molecule has 0 bridgehead atoms. The molecule has 2 heterocycles. The van der Waals surface area contributed by atoms with Crippen molar-refractivity contribution >= 4 is 5.97 Å². The number of fused-ring (bicyclic) bond motifs is 3. The fraction of sp³-hybridized carbons (Fsp3) is 0.800. The predicted molar refractivity (Wildman–Crippen MR) is 68.0 cm³/mol. The number of carbonyl (C=O) groups excluding carboxylic acids is 1. The lowest BCUT2D eigenvalue weighted by Gasteiger charge is -2.21. The molecule has 0 unspecified atom stereocenters. The minimum atomic E-state index is -0.213. The molecule has 3 rings (SSSR count). The lowest BCUT2D eigenvalue weighted by atomic mass is 9.81. The molecule has 18 heavy (non-hydrogen) atoms. The van der Waals surface area contributed by atoms with Crippen molar-refractivity contribution in [2.24, 2.45) is 11.8 Å².